The van der Waals surface area contributed by atoms with Gasteiger partial charge in [0.1, 0.15) is 5.76 Å². The van der Waals surface area contributed by atoms with Crippen molar-refractivity contribution in [2.24, 2.45) is 0 Å². The number of nitrogens with zero attached hydrogens (tertiary/aromatic N) is 1. The summed E-state index contributed by atoms with van der Waals surface area (Å²) in [6.45, 7) is 0.428. The molecule has 0 spiro atoms. The number of imide groups is 1. The summed E-state index contributed by atoms with van der Waals surface area (Å²) in [4.78, 5) is 25.7. The van der Waals surface area contributed by atoms with Crippen molar-refractivity contribution in [3.05, 3.63) is 52.0 Å². The van der Waals surface area contributed by atoms with Crippen LogP contribution in [0.4, 0.5) is 5.69 Å². The van der Waals surface area contributed by atoms with Crippen LogP contribution in [-0.2, 0) is 16.1 Å². The molecule has 1 aliphatic heterocycles. The summed E-state index contributed by atoms with van der Waals surface area (Å²) in [5, 5.41) is 3.07. The van der Waals surface area contributed by atoms with E-state index in [0.29, 0.717) is 12.2 Å². The zero-order valence-electron chi connectivity index (χ0n) is 11.1. The summed E-state index contributed by atoms with van der Waals surface area (Å²) in [6.07, 6.45) is 1.75. The number of benzene rings is 1. The van der Waals surface area contributed by atoms with E-state index in [-0.39, 0.29) is 18.2 Å². The maximum Gasteiger partial charge on any atom is 0.251 e. The van der Waals surface area contributed by atoms with Crippen molar-refractivity contribution in [1.82, 2.24) is 5.32 Å². The monoisotopic (exact) mass is 396 g/mol. The highest BCUT2D eigenvalue weighted by Gasteiger charge is 2.39. The van der Waals surface area contributed by atoms with Crippen LogP contribution < -0.4 is 10.2 Å². The molecular weight excluding hydrogens is 383 g/mol. The second-order valence-electron chi connectivity index (χ2n) is 4.76. The molecule has 0 unspecified atom stereocenters. The topological polar surface area (TPSA) is 62.6 Å². The Bertz CT molecular complexity index is 652. The Morgan fingerprint density at radius 1 is 1.24 bits per heavy atom. The molecular formula is C15H13IN2O3. The van der Waals surface area contributed by atoms with Crippen LogP contribution in [0.15, 0.2) is 47.1 Å². The minimum atomic E-state index is -0.498. The standard InChI is InChI=1S/C15H13IN2O3/c16-10-3-5-11(6-4-10)18-14(19)8-13(15(18)20)17-9-12-2-1-7-21-12/h1-7,13,17H,8-9H2/t13-/m1/s1. The molecule has 21 heavy (non-hydrogen) atoms. The smallest absolute Gasteiger partial charge is 0.251 e. The van der Waals surface area contributed by atoms with E-state index >= 15 is 0 Å². The first-order chi connectivity index (χ1) is 10.1. The van der Waals surface area contributed by atoms with Crippen LogP contribution in [0.2, 0.25) is 0 Å². The van der Waals surface area contributed by atoms with Gasteiger partial charge in [0.2, 0.25) is 5.91 Å². The predicted octanol–water partition coefficient (Wildman–Crippen LogP) is 2.31. The van der Waals surface area contributed by atoms with Gasteiger partial charge in [0.25, 0.3) is 5.91 Å². The molecule has 0 radical (unpaired) electrons. The van der Waals surface area contributed by atoms with Crippen molar-refractivity contribution in [2.75, 3.05) is 4.90 Å². The van der Waals surface area contributed by atoms with Gasteiger partial charge in [-0.05, 0) is 59.0 Å². The van der Waals surface area contributed by atoms with Crippen molar-refractivity contribution >= 4 is 40.1 Å². The van der Waals surface area contributed by atoms with E-state index in [2.05, 4.69) is 27.9 Å². The first-order valence-electron chi connectivity index (χ1n) is 6.53. The highest BCUT2D eigenvalue weighted by molar-refractivity contribution is 14.1. The van der Waals surface area contributed by atoms with Gasteiger partial charge in [0, 0.05) is 3.57 Å². The third kappa shape index (κ3) is 3.01. The van der Waals surface area contributed by atoms with E-state index < -0.39 is 6.04 Å². The molecule has 5 nitrogen and oxygen atoms in total. The van der Waals surface area contributed by atoms with Gasteiger partial charge >= 0.3 is 0 Å². The maximum atomic E-state index is 12.4. The molecule has 1 aromatic heterocycles. The van der Waals surface area contributed by atoms with Gasteiger partial charge in [-0.15, -0.1) is 0 Å². The highest BCUT2D eigenvalue weighted by atomic mass is 127. The molecule has 1 aliphatic rings. The van der Waals surface area contributed by atoms with Crippen LogP contribution in [-0.4, -0.2) is 17.9 Å². The number of hydrogen-bond donors (Lipinski definition) is 1. The number of hydrogen-bond acceptors (Lipinski definition) is 4. The molecule has 2 aromatic rings. The van der Waals surface area contributed by atoms with Crippen LogP contribution in [0.1, 0.15) is 12.2 Å². The Morgan fingerprint density at radius 3 is 2.67 bits per heavy atom. The average molecular weight is 396 g/mol. The normalized spacial score (nSPS) is 18.5. The Kier molecular flexibility index (Phi) is 4.07. The quantitative estimate of drug-likeness (QED) is 0.637. The van der Waals surface area contributed by atoms with Crippen molar-refractivity contribution < 1.29 is 14.0 Å². The lowest BCUT2D eigenvalue weighted by atomic mass is 10.2. The number of anilines is 1. The first-order valence-corrected chi connectivity index (χ1v) is 7.61. The third-order valence-electron chi connectivity index (χ3n) is 3.33. The van der Waals surface area contributed by atoms with Gasteiger partial charge in [-0.2, -0.15) is 0 Å². The molecule has 2 amide bonds. The average Bonchev–Trinajstić information content (AvgIpc) is 3.07. The van der Waals surface area contributed by atoms with Crippen LogP contribution in [0.25, 0.3) is 0 Å². The molecule has 0 aliphatic carbocycles. The van der Waals surface area contributed by atoms with E-state index in [4.69, 9.17) is 4.42 Å². The molecule has 0 bridgehead atoms. The molecule has 1 aromatic carbocycles. The molecule has 1 N–H and O–H groups in total. The fourth-order valence-corrected chi connectivity index (χ4v) is 2.65. The zero-order chi connectivity index (χ0) is 14.8. The summed E-state index contributed by atoms with van der Waals surface area (Å²) >= 11 is 2.18. The van der Waals surface area contributed by atoms with E-state index in [1.54, 1.807) is 24.5 Å². The van der Waals surface area contributed by atoms with E-state index in [1.807, 2.05) is 18.2 Å². The summed E-state index contributed by atoms with van der Waals surface area (Å²) in [7, 11) is 0. The fourth-order valence-electron chi connectivity index (χ4n) is 2.29. The molecule has 1 saturated heterocycles. The zero-order valence-corrected chi connectivity index (χ0v) is 13.2. The van der Waals surface area contributed by atoms with E-state index in [1.165, 1.54) is 4.90 Å². The summed E-state index contributed by atoms with van der Waals surface area (Å²) in [6, 6.07) is 10.4. The van der Waals surface area contributed by atoms with Gasteiger partial charge in [-0.1, -0.05) is 0 Å². The van der Waals surface area contributed by atoms with Gasteiger partial charge < -0.3 is 4.42 Å². The van der Waals surface area contributed by atoms with E-state index in [0.717, 1.165) is 9.33 Å². The van der Waals surface area contributed by atoms with Crippen LogP contribution in [0, 0.1) is 3.57 Å². The number of halogens is 1. The van der Waals surface area contributed by atoms with Crippen molar-refractivity contribution in [2.45, 2.75) is 19.0 Å². The number of amides is 2. The van der Waals surface area contributed by atoms with Gasteiger partial charge in [-0.25, -0.2) is 4.90 Å². The van der Waals surface area contributed by atoms with Crippen molar-refractivity contribution in [3.63, 3.8) is 0 Å². The van der Waals surface area contributed by atoms with Gasteiger partial charge in [0.05, 0.1) is 31.0 Å². The second kappa shape index (κ2) is 5.98. The SMILES string of the molecule is O=C1C[C@@H](NCc2ccco2)C(=O)N1c1ccc(I)cc1. The molecule has 1 fully saturated rings. The Hall–Kier alpha value is -1.67. The van der Waals surface area contributed by atoms with Crippen molar-refractivity contribution in [3.8, 4) is 0 Å². The minimum absolute atomic E-state index is 0.172. The molecule has 3 rings (SSSR count). The highest BCUT2D eigenvalue weighted by Crippen LogP contribution is 2.23. The molecule has 108 valence electrons. The summed E-state index contributed by atoms with van der Waals surface area (Å²) < 4.78 is 6.27. The van der Waals surface area contributed by atoms with E-state index in [9.17, 15) is 9.59 Å². The van der Waals surface area contributed by atoms with Crippen molar-refractivity contribution in [1.29, 1.82) is 0 Å². The number of rotatable bonds is 4. The Morgan fingerprint density at radius 2 is 2.00 bits per heavy atom. The number of carbonyl (C=O) groups is 2. The molecule has 1 atom stereocenters. The minimum Gasteiger partial charge on any atom is -0.468 e. The maximum absolute atomic E-state index is 12.4. The molecule has 0 saturated carbocycles. The third-order valence-corrected chi connectivity index (χ3v) is 4.05. The van der Waals surface area contributed by atoms with Crippen LogP contribution >= 0.6 is 22.6 Å². The second-order valence-corrected chi connectivity index (χ2v) is 6.01. The summed E-state index contributed by atoms with van der Waals surface area (Å²) in [5.41, 5.74) is 0.618. The summed E-state index contributed by atoms with van der Waals surface area (Å²) in [5.74, 6) is 0.342. The van der Waals surface area contributed by atoms with Crippen LogP contribution in [0.5, 0.6) is 0 Å². The number of furan rings is 1. The lowest BCUT2D eigenvalue weighted by Crippen LogP contribution is -2.38. The fraction of sp³-hybridized carbons (Fsp3) is 0.200. The van der Waals surface area contributed by atoms with Crippen LogP contribution in [0.3, 0.4) is 0 Å². The lowest BCUT2D eigenvalue weighted by molar-refractivity contribution is -0.121. The molecule has 6 heteroatoms. The van der Waals surface area contributed by atoms with Gasteiger partial charge in [-0.3, -0.25) is 14.9 Å². The first kappa shape index (κ1) is 14.3. The Balaban J connectivity index is 1.71. The lowest BCUT2D eigenvalue weighted by Gasteiger charge is -2.15. The molecule has 2 heterocycles. The largest absolute Gasteiger partial charge is 0.468 e. The van der Waals surface area contributed by atoms with Gasteiger partial charge in [0.15, 0.2) is 0 Å². The predicted molar refractivity (Wildman–Crippen MR) is 85.6 cm³/mol. The number of carbonyl (C=O) groups excluding carboxylic acids is 2. The number of nitrogens with one attached hydrogen (secondary N) is 1. The Labute approximate surface area is 135 Å².